The molecule has 144 valence electrons. The number of fused-ring (bicyclic) bond motifs is 1. The molecule has 0 saturated heterocycles. The van der Waals surface area contributed by atoms with Crippen LogP contribution in [0.25, 0.3) is 0 Å². The highest BCUT2D eigenvalue weighted by Gasteiger charge is 2.29. The van der Waals surface area contributed by atoms with Crippen LogP contribution in [0.4, 0.5) is 28.7 Å². The van der Waals surface area contributed by atoms with Crippen molar-refractivity contribution >= 4 is 45.7 Å². The summed E-state index contributed by atoms with van der Waals surface area (Å²) in [5, 5.41) is 5.41. The van der Waals surface area contributed by atoms with Gasteiger partial charge in [0, 0.05) is 15.5 Å². The minimum absolute atomic E-state index is 0.00963. The van der Waals surface area contributed by atoms with Crippen LogP contribution in [0.5, 0.6) is 0 Å². The van der Waals surface area contributed by atoms with Gasteiger partial charge in [0.25, 0.3) is 5.91 Å². The van der Waals surface area contributed by atoms with Crippen LogP contribution in [0.15, 0.2) is 29.2 Å². The second-order valence-electron chi connectivity index (χ2n) is 5.53. The predicted octanol–water partition coefficient (Wildman–Crippen LogP) is 4.18. The van der Waals surface area contributed by atoms with Crippen LogP contribution >= 0.6 is 23.1 Å². The number of nitrogens with one attached hydrogen (secondary N) is 2. The molecule has 1 aromatic carbocycles. The van der Waals surface area contributed by atoms with Gasteiger partial charge < -0.3 is 15.8 Å². The number of hydrogen-bond donors (Lipinski definition) is 3. The van der Waals surface area contributed by atoms with E-state index in [1.807, 2.05) is 0 Å². The van der Waals surface area contributed by atoms with Crippen LogP contribution in [0.2, 0.25) is 0 Å². The van der Waals surface area contributed by atoms with E-state index in [0.29, 0.717) is 30.3 Å². The van der Waals surface area contributed by atoms with Gasteiger partial charge in [0.15, 0.2) is 0 Å². The van der Waals surface area contributed by atoms with E-state index in [1.165, 1.54) is 35.6 Å². The van der Waals surface area contributed by atoms with Crippen molar-refractivity contribution in [3.05, 3.63) is 40.3 Å². The molecule has 0 radical (unpaired) electrons. The maximum atomic E-state index is 12.3. The Hall–Kier alpha value is -2.24. The maximum Gasteiger partial charge on any atom is 0.446 e. The SMILES string of the molecule is NC(=O)c1c(NC(=O)Nc2ccc(SC(F)(F)F)cc2)sc2c1CCOC2. The summed E-state index contributed by atoms with van der Waals surface area (Å²) in [6.45, 7) is 0.819. The van der Waals surface area contributed by atoms with Gasteiger partial charge in [-0.3, -0.25) is 10.1 Å². The number of thiophene rings is 1. The van der Waals surface area contributed by atoms with Crippen LogP contribution in [0.1, 0.15) is 20.8 Å². The fourth-order valence-electron chi connectivity index (χ4n) is 2.59. The third-order valence-electron chi connectivity index (χ3n) is 3.64. The Morgan fingerprint density at radius 2 is 1.89 bits per heavy atom. The van der Waals surface area contributed by atoms with Crippen molar-refractivity contribution in [2.24, 2.45) is 5.73 Å². The summed E-state index contributed by atoms with van der Waals surface area (Å²) < 4.78 is 42.3. The van der Waals surface area contributed by atoms with Gasteiger partial charge in [0.1, 0.15) is 5.00 Å². The van der Waals surface area contributed by atoms with E-state index in [2.05, 4.69) is 10.6 Å². The molecule has 1 aliphatic rings. The molecule has 3 amide bonds. The van der Waals surface area contributed by atoms with E-state index < -0.39 is 17.4 Å². The molecular formula is C16H14F3N3O3S2. The second kappa shape index (κ2) is 7.79. The molecule has 0 fully saturated rings. The number of halogens is 3. The number of benzene rings is 1. The number of urea groups is 1. The molecule has 0 saturated carbocycles. The Morgan fingerprint density at radius 1 is 1.19 bits per heavy atom. The highest BCUT2D eigenvalue weighted by molar-refractivity contribution is 8.00. The molecule has 4 N–H and O–H groups in total. The molecule has 11 heteroatoms. The normalized spacial score (nSPS) is 13.7. The Bertz CT molecular complexity index is 866. The summed E-state index contributed by atoms with van der Waals surface area (Å²) in [4.78, 5) is 24.8. The standard InChI is InChI=1S/C16H14F3N3O3S2/c17-16(18,19)27-9-3-1-8(2-4-9)21-15(24)22-14-12(13(20)23)10-5-6-25-7-11(10)26-14/h1-4H,5-7H2,(H2,20,23)(H2,21,22,24). The Labute approximate surface area is 160 Å². The van der Waals surface area contributed by atoms with Gasteiger partial charge in [-0.15, -0.1) is 11.3 Å². The van der Waals surface area contributed by atoms with Crippen molar-refractivity contribution in [3.8, 4) is 0 Å². The number of anilines is 2. The van der Waals surface area contributed by atoms with Crippen LogP contribution in [0.3, 0.4) is 0 Å². The van der Waals surface area contributed by atoms with Gasteiger partial charge in [0.2, 0.25) is 0 Å². The lowest BCUT2D eigenvalue weighted by Crippen LogP contribution is -2.22. The molecule has 1 aliphatic heterocycles. The Balaban J connectivity index is 1.69. The van der Waals surface area contributed by atoms with Crippen molar-refractivity contribution in [1.29, 1.82) is 0 Å². The number of carbonyl (C=O) groups is 2. The molecule has 0 unspecified atom stereocenters. The summed E-state index contributed by atoms with van der Waals surface area (Å²) in [5.41, 5.74) is 2.42. The van der Waals surface area contributed by atoms with Gasteiger partial charge in [-0.25, -0.2) is 4.79 Å². The topological polar surface area (TPSA) is 93.5 Å². The summed E-state index contributed by atoms with van der Waals surface area (Å²) in [7, 11) is 0. The Morgan fingerprint density at radius 3 is 2.52 bits per heavy atom. The van der Waals surface area contributed by atoms with Crippen molar-refractivity contribution in [2.75, 3.05) is 17.2 Å². The quantitative estimate of drug-likeness (QED) is 0.651. The third kappa shape index (κ3) is 4.93. The van der Waals surface area contributed by atoms with E-state index in [4.69, 9.17) is 10.5 Å². The molecule has 6 nitrogen and oxygen atoms in total. The monoisotopic (exact) mass is 417 g/mol. The zero-order valence-corrected chi connectivity index (χ0v) is 15.3. The van der Waals surface area contributed by atoms with E-state index in [0.717, 1.165) is 10.4 Å². The van der Waals surface area contributed by atoms with Gasteiger partial charge in [-0.2, -0.15) is 13.2 Å². The lowest BCUT2D eigenvalue weighted by atomic mass is 10.1. The smallest absolute Gasteiger partial charge is 0.376 e. The number of alkyl halides is 3. The minimum Gasteiger partial charge on any atom is -0.376 e. The van der Waals surface area contributed by atoms with Crippen LogP contribution in [-0.4, -0.2) is 24.1 Å². The fourth-order valence-corrected chi connectivity index (χ4v) is 4.31. The molecule has 2 heterocycles. The number of carbonyl (C=O) groups excluding carboxylic acids is 2. The number of ether oxygens (including phenoxy) is 1. The lowest BCUT2D eigenvalue weighted by Gasteiger charge is -2.12. The average Bonchev–Trinajstić information content (AvgIpc) is 2.93. The molecule has 2 aromatic rings. The van der Waals surface area contributed by atoms with Crippen LogP contribution in [0, 0.1) is 0 Å². The zero-order valence-electron chi connectivity index (χ0n) is 13.7. The average molecular weight is 417 g/mol. The molecule has 0 atom stereocenters. The number of thioether (sulfide) groups is 1. The molecule has 0 spiro atoms. The molecule has 0 bridgehead atoms. The number of primary amides is 1. The molecule has 27 heavy (non-hydrogen) atoms. The molecule has 3 rings (SSSR count). The van der Waals surface area contributed by atoms with Crippen molar-refractivity contribution in [1.82, 2.24) is 0 Å². The molecule has 1 aromatic heterocycles. The van der Waals surface area contributed by atoms with Crippen LogP contribution < -0.4 is 16.4 Å². The summed E-state index contributed by atoms with van der Waals surface area (Å²) in [5.74, 6) is -0.641. The van der Waals surface area contributed by atoms with E-state index >= 15 is 0 Å². The lowest BCUT2D eigenvalue weighted by molar-refractivity contribution is -0.0328. The first-order chi connectivity index (χ1) is 12.7. The van der Waals surface area contributed by atoms with E-state index in [1.54, 1.807) is 0 Å². The number of hydrogen-bond acceptors (Lipinski definition) is 5. The Kier molecular flexibility index (Phi) is 5.63. The van der Waals surface area contributed by atoms with Crippen molar-refractivity contribution in [2.45, 2.75) is 23.4 Å². The third-order valence-corrected chi connectivity index (χ3v) is 5.50. The highest BCUT2D eigenvalue weighted by Crippen LogP contribution is 2.38. The number of nitrogens with two attached hydrogens (primary N) is 1. The number of amides is 3. The largest absolute Gasteiger partial charge is 0.446 e. The van der Waals surface area contributed by atoms with Gasteiger partial charge >= 0.3 is 11.5 Å². The number of rotatable bonds is 4. The van der Waals surface area contributed by atoms with Gasteiger partial charge in [-0.05, 0) is 48.0 Å². The first-order valence-electron chi connectivity index (χ1n) is 7.69. The maximum absolute atomic E-state index is 12.3. The molecule has 0 aliphatic carbocycles. The van der Waals surface area contributed by atoms with Gasteiger partial charge in [0.05, 0.1) is 18.8 Å². The van der Waals surface area contributed by atoms with E-state index in [-0.39, 0.29) is 22.2 Å². The minimum atomic E-state index is -4.38. The highest BCUT2D eigenvalue weighted by atomic mass is 32.2. The zero-order chi connectivity index (χ0) is 19.6. The predicted molar refractivity (Wildman–Crippen MR) is 97.2 cm³/mol. The first kappa shape index (κ1) is 19.5. The summed E-state index contributed by atoms with van der Waals surface area (Å²) in [6.07, 6.45) is 0.533. The van der Waals surface area contributed by atoms with Crippen LogP contribution in [-0.2, 0) is 17.8 Å². The van der Waals surface area contributed by atoms with Crippen molar-refractivity contribution < 1.29 is 27.5 Å². The van der Waals surface area contributed by atoms with E-state index in [9.17, 15) is 22.8 Å². The van der Waals surface area contributed by atoms with Gasteiger partial charge in [-0.1, -0.05) is 0 Å². The molecular weight excluding hydrogens is 403 g/mol. The fraction of sp³-hybridized carbons (Fsp3) is 0.250. The first-order valence-corrected chi connectivity index (χ1v) is 9.32. The van der Waals surface area contributed by atoms with Crippen molar-refractivity contribution in [3.63, 3.8) is 0 Å². The summed E-state index contributed by atoms with van der Waals surface area (Å²) >= 11 is 0.973. The second-order valence-corrected chi connectivity index (χ2v) is 7.77. The summed E-state index contributed by atoms with van der Waals surface area (Å²) in [6, 6.07) is 4.59.